The molecule has 0 aromatic carbocycles. The summed E-state index contributed by atoms with van der Waals surface area (Å²) in [6.07, 6.45) is 1.63. The van der Waals surface area contributed by atoms with E-state index in [2.05, 4.69) is 10.2 Å². The molecule has 1 aliphatic rings. The first-order valence-corrected chi connectivity index (χ1v) is 12.5. The molecule has 176 valence electrons. The molecular formula is C19H27N5O6S2. The molecule has 3 rings (SSSR count). The first-order valence-electron chi connectivity index (χ1n) is 10.1. The second kappa shape index (κ2) is 9.63. The highest BCUT2D eigenvalue weighted by molar-refractivity contribution is 7.99. The first kappa shape index (κ1) is 24.3. The maximum Gasteiger partial charge on any atom is 0.342 e. The van der Waals surface area contributed by atoms with Gasteiger partial charge in [-0.3, -0.25) is 4.79 Å². The van der Waals surface area contributed by atoms with Crippen molar-refractivity contribution in [1.29, 1.82) is 0 Å². The van der Waals surface area contributed by atoms with E-state index in [1.54, 1.807) is 11.2 Å². The van der Waals surface area contributed by atoms with Gasteiger partial charge in [0.25, 0.3) is 0 Å². The number of carbonyl (C=O) groups excluding carboxylic acids is 2. The van der Waals surface area contributed by atoms with Crippen molar-refractivity contribution >= 4 is 33.7 Å². The van der Waals surface area contributed by atoms with Gasteiger partial charge in [-0.15, -0.1) is 10.2 Å². The minimum atomic E-state index is -4.00. The van der Waals surface area contributed by atoms with E-state index in [-0.39, 0.29) is 65.9 Å². The van der Waals surface area contributed by atoms with Gasteiger partial charge in [-0.1, -0.05) is 11.8 Å². The highest BCUT2D eigenvalue weighted by Crippen LogP contribution is 2.30. The zero-order valence-corrected chi connectivity index (χ0v) is 20.3. The van der Waals surface area contributed by atoms with Gasteiger partial charge in [-0.2, -0.15) is 4.31 Å². The third kappa shape index (κ3) is 4.69. The second-order valence-electron chi connectivity index (χ2n) is 7.60. The summed E-state index contributed by atoms with van der Waals surface area (Å²) in [5.74, 6) is -0.362. The molecule has 2 aromatic heterocycles. The van der Waals surface area contributed by atoms with Crippen molar-refractivity contribution in [2.75, 3.05) is 39.0 Å². The standard InChI is InChI=1S/C19H27N5O6S2/c1-12(2)24-11-20-21-19(24)31-10-15(25)22-6-8-23(9-7-22)32(27,28)17-14(4)30-13(3)16(17)18(26)29-5/h11-12H,6-10H2,1-5H3. The topological polar surface area (TPSA) is 128 Å². The van der Waals surface area contributed by atoms with Crippen molar-refractivity contribution in [2.24, 2.45) is 0 Å². The van der Waals surface area contributed by atoms with Crippen molar-refractivity contribution in [3.63, 3.8) is 0 Å². The average molecular weight is 486 g/mol. The van der Waals surface area contributed by atoms with E-state index in [0.717, 1.165) is 0 Å². The van der Waals surface area contributed by atoms with E-state index in [0.29, 0.717) is 5.16 Å². The Hall–Kier alpha value is -2.38. The maximum atomic E-state index is 13.3. The highest BCUT2D eigenvalue weighted by Gasteiger charge is 2.37. The van der Waals surface area contributed by atoms with Gasteiger partial charge < -0.3 is 18.6 Å². The van der Waals surface area contributed by atoms with E-state index in [4.69, 9.17) is 9.15 Å². The fourth-order valence-corrected chi connectivity index (χ4v) is 6.27. The number of hydrogen-bond donors (Lipinski definition) is 0. The van der Waals surface area contributed by atoms with Crippen LogP contribution < -0.4 is 0 Å². The van der Waals surface area contributed by atoms with Gasteiger partial charge in [-0.05, 0) is 27.7 Å². The van der Waals surface area contributed by atoms with Crippen LogP contribution in [0.3, 0.4) is 0 Å². The summed E-state index contributed by atoms with van der Waals surface area (Å²) in [7, 11) is -2.81. The highest BCUT2D eigenvalue weighted by atomic mass is 32.2. The second-order valence-corrected chi connectivity index (χ2v) is 10.4. The number of esters is 1. The number of methoxy groups -OCH3 is 1. The molecule has 3 heterocycles. The molecule has 1 amide bonds. The number of ether oxygens (including phenoxy) is 1. The average Bonchev–Trinajstić information content (AvgIpc) is 3.35. The first-order chi connectivity index (χ1) is 15.1. The molecular weight excluding hydrogens is 458 g/mol. The molecule has 1 fully saturated rings. The number of hydrogen-bond acceptors (Lipinski definition) is 9. The van der Waals surface area contributed by atoms with Crippen LogP contribution in [0.5, 0.6) is 0 Å². The van der Waals surface area contributed by atoms with E-state index in [1.807, 2.05) is 18.4 Å². The lowest BCUT2D eigenvalue weighted by molar-refractivity contribution is -0.129. The minimum Gasteiger partial charge on any atom is -0.465 e. The molecule has 0 N–H and O–H groups in total. The number of piperazine rings is 1. The quantitative estimate of drug-likeness (QED) is 0.423. The molecule has 13 heteroatoms. The summed E-state index contributed by atoms with van der Waals surface area (Å²) >= 11 is 1.30. The number of furan rings is 1. The van der Waals surface area contributed by atoms with Crippen LogP contribution in [0.4, 0.5) is 0 Å². The van der Waals surface area contributed by atoms with Crippen molar-refractivity contribution in [3.8, 4) is 0 Å². The lowest BCUT2D eigenvalue weighted by Gasteiger charge is -2.34. The predicted octanol–water partition coefficient (Wildman–Crippen LogP) is 1.48. The van der Waals surface area contributed by atoms with Gasteiger partial charge in [0.2, 0.25) is 15.9 Å². The Morgan fingerprint density at radius 1 is 1.19 bits per heavy atom. The maximum absolute atomic E-state index is 13.3. The Bertz CT molecular complexity index is 1100. The Morgan fingerprint density at radius 2 is 1.84 bits per heavy atom. The summed E-state index contributed by atoms with van der Waals surface area (Å²) in [6, 6.07) is 0.182. The molecule has 0 saturated carbocycles. The summed E-state index contributed by atoms with van der Waals surface area (Å²) in [4.78, 5) is 26.2. The molecule has 0 aliphatic carbocycles. The third-order valence-electron chi connectivity index (χ3n) is 5.21. The summed E-state index contributed by atoms with van der Waals surface area (Å²) in [5, 5.41) is 8.59. The van der Waals surface area contributed by atoms with Crippen LogP contribution >= 0.6 is 11.8 Å². The van der Waals surface area contributed by atoms with Gasteiger partial charge in [0, 0.05) is 32.2 Å². The van der Waals surface area contributed by atoms with Gasteiger partial charge in [0.15, 0.2) is 5.16 Å². The Morgan fingerprint density at radius 3 is 2.44 bits per heavy atom. The number of amides is 1. The monoisotopic (exact) mass is 485 g/mol. The number of thioether (sulfide) groups is 1. The van der Waals surface area contributed by atoms with Crippen LogP contribution in [0.15, 0.2) is 20.8 Å². The van der Waals surface area contributed by atoms with Crippen LogP contribution in [-0.4, -0.2) is 83.3 Å². The molecule has 1 saturated heterocycles. The number of sulfonamides is 1. The molecule has 0 unspecified atom stereocenters. The normalized spacial score (nSPS) is 15.4. The van der Waals surface area contributed by atoms with Gasteiger partial charge in [0.05, 0.1) is 12.9 Å². The molecule has 2 aromatic rings. The summed E-state index contributed by atoms with van der Waals surface area (Å²) in [5.41, 5.74) is -0.0887. The smallest absolute Gasteiger partial charge is 0.342 e. The van der Waals surface area contributed by atoms with Crippen molar-refractivity contribution in [2.45, 2.75) is 43.8 Å². The van der Waals surface area contributed by atoms with Crippen LogP contribution in [0.2, 0.25) is 0 Å². The largest absolute Gasteiger partial charge is 0.465 e. The number of nitrogens with zero attached hydrogens (tertiary/aromatic N) is 5. The lowest BCUT2D eigenvalue weighted by Crippen LogP contribution is -2.51. The SMILES string of the molecule is COC(=O)c1c(C)oc(C)c1S(=O)(=O)N1CCN(C(=O)CSc2nncn2C(C)C)CC1. The number of carbonyl (C=O) groups is 2. The molecule has 0 bridgehead atoms. The number of rotatable bonds is 7. The predicted molar refractivity (Wildman–Crippen MR) is 116 cm³/mol. The zero-order valence-electron chi connectivity index (χ0n) is 18.7. The van der Waals surface area contributed by atoms with Crippen molar-refractivity contribution in [3.05, 3.63) is 23.4 Å². The van der Waals surface area contributed by atoms with Gasteiger partial charge in [-0.25, -0.2) is 13.2 Å². The fourth-order valence-electron chi connectivity index (χ4n) is 3.53. The van der Waals surface area contributed by atoms with E-state index >= 15 is 0 Å². The van der Waals surface area contributed by atoms with Crippen molar-refractivity contribution in [1.82, 2.24) is 24.0 Å². The minimum absolute atomic E-state index is 0.0887. The molecule has 0 atom stereocenters. The van der Waals surface area contributed by atoms with Crippen LogP contribution in [-0.2, 0) is 19.6 Å². The Balaban J connectivity index is 1.66. The van der Waals surface area contributed by atoms with Gasteiger partial charge >= 0.3 is 5.97 Å². The van der Waals surface area contributed by atoms with E-state index in [1.165, 1.54) is 37.0 Å². The molecule has 32 heavy (non-hydrogen) atoms. The fraction of sp³-hybridized carbons (Fsp3) is 0.579. The van der Waals surface area contributed by atoms with Crippen LogP contribution in [0.1, 0.15) is 41.8 Å². The van der Waals surface area contributed by atoms with E-state index in [9.17, 15) is 18.0 Å². The summed E-state index contributed by atoms with van der Waals surface area (Å²) in [6.45, 7) is 7.76. The Kier molecular flexibility index (Phi) is 7.30. The molecule has 11 nitrogen and oxygen atoms in total. The van der Waals surface area contributed by atoms with Crippen molar-refractivity contribution < 1.29 is 27.2 Å². The number of aromatic nitrogens is 3. The van der Waals surface area contributed by atoms with E-state index < -0.39 is 16.0 Å². The van der Waals surface area contributed by atoms with Crippen LogP contribution in [0, 0.1) is 13.8 Å². The Labute approximate surface area is 191 Å². The number of aryl methyl sites for hydroxylation is 2. The van der Waals surface area contributed by atoms with Gasteiger partial charge in [0.1, 0.15) is 28.3 Å². The molecule has 0 radical (unpaired) electrons. The third-order valence-corrected chi connectivity index (χ3v) is 8.20. The van der Waals surface area contributed by atoms with Crippen LogP contribution in [0.25, 0.3) is 0 Å². The summed E-state index contributed by atoms with van der Waals surface area (Å²) < 4.78 is 39.8. The molecule has 1 aliphatic heterocycles. The molecule has 0 spiro atoms. The zero-order chi connectivity index (χ0) is 23.6. The lowest BCUT2D eigenvalue weighted by atomic mass is 10.2.